The van der Waals surface area contributed by atoms with E-state index in [9.17, 15) is 0 Å². The second-order valence-electron chi connectivity index (χ2n) is 6.23. The Labute approximate surface area is 118 Å². The van der Waals surface area contributed by atoms with Gasteiger partial charge in [-0.25, -0.2) is 0 Å². The summed E-state index contributed by atoms with van der Waals surface area (Å²) < 4.78 is 0. The van der Waals surface area contributed by atoms with Crippen molar-refractivity contribution >= 4 is 11.4 Å². The molecule has 1 aromatic rings. The third-order valence-electron chi connectivity index (χ3n) is 3.93. The lowest BCUT2D eigenvalue weighted by Crippen LogP contribution is -2.22. The number of nitrogens with one attached hydrogen (secondary N) is 1. The molecule has 1 atom stereocenters. The maximum Gasteiger partial charge on any atom is 0.0602 e. The van der Waals surface area contributed by atoms with Gasteiger partial charge in [0.05, 0.1) is 11.4 Å². The molecule has 2 heteroatoms. The first kappa shape index (κ1) is 14.2. The largest absolute Gasteiger partial charge is 0.381 e. The molecule has 1 saturated heterocycles. The molecule has 1 aliphatic heterocycles. The Bertz CT molecular complexity index is 381. The van der Waals surface area contributed by atoms with Gasteiger partial charge in [-0.1, -0.05) is 26.0 Å². The van der Waals surface area contributed by atoms with Gasteiger partial charge in [0.15, 0.2) is 0 Å². The van der Waals surface area contributed by atoms with Gasteiger partial charge in [0.25, 0.3) is 0 Å². The van der Waals surface area contributed by atoms with Crippen LogP contribution in [0.25, 0.3) is 0 Å². The summed E-state index contributed by atoms with van der Waals surface area (Å²) in [5.74, 6) is 0.790. The molecule has 106 valence electrons. The second kappa shape index (κ2) is 6.83. The minimum Gasteiger partial charge on any atom is -0.381 e. The number of hydrogen-bond donors (Lipinski definition) is 1. The van der Waals surface area contributed by atoms with E-state index in [0.717, 1.165) is 5.92 Å². The van der Waals surface area contributed by atoms with Crippen LogP contribution in [0, 0.1) is 5.92 Å². The minimum absolute atomic E-state index is 0.547. The van der Waals surface area contributed by atoms with Crippen molar-refractivity contribution in [3.63, 3.8) is 0 Å². The SMILES string of the molecule is CC(C)CCC(C)Nc1ccccc1N1CCCC1. The van der Waals surface area contributed by atoms with E-state index in [1.165, 1.54) is 50.1 Å². The third kappa shape index (κ3) is 4.15. The topological polar surface area (TPSA) is 15.3 Å². The monoisotopic (exact) mass is 260 g/mol. The number of benzene rings is 1. The summed E-state index contributed by atoms with van der Waals surface area (Å²) in [6, 6.07) is 9.31. The summed E-state index contributed by atoms with van der Waals surface area (Å²) in [7, 11) is 0. The molecule has 19 heavy (non-hydrogen) atoms. The van der Waals surface area contributed by atoms with Crippen molar-refractivity contribution < 1.29 is 0 Å². The Hall–Kier alpha value is -1.18. The van der Waals surface area contributed by atoms with Gasteiger partial charge in [-0.3, -0.25) is 0 Å². The zero-order chi connectivity index (χ0) is 13.7. The quantitative estimate of drug-likeness (QED) is 0.808. The van der Waals surface area contributed by atoms with Crippen LogP contribution in [0.1, 0.15) is 46.5 Å². The van der Waals surface area contributed by atoms with Crippen LogP contribution in [0.4, 0.5) is 11.4 Å². The lowest BCUT2D eigenvalue weighted by Gasteiger charge is -2.24. The van der Waals surface area contributed by atoms with Gasteiger partial charge in [-0.05, 0) is 50.7 Å². The summed E-state index contributed by atoms with van der Waals surface area (Å²) in [5.41, 5.74) is 2.69. The number of rotatable bonds is 6. The summed E-state index contributed by atoms with van der Waals surface area (Å²) >= 11 is 0. The van der Waals surface area contributed by atoms with E-state index in [0.29, 0.717) is 6.04 Å². The van der Waals surface area contributed by atoms with E-state index in [2.05, 4.69) is 55.3 Å². The summed E-state index contributed by atoms with van der Waals surface area (Å²) in [6.45, 7) is 9.30. The highest BCUT2D eigenvalue weighted by Crippen LogP contribution is 2.29. The highest BCUT2D eigenvalue weighted by atomic mass is 15.2. The smallest absolute Gasteiger partial charge is 0.0602 e. The van der Waals surface area contributed by atoms with Crippen molar-refractivity contribution in [3.05, 3.63) is 24.3 Å². The van der Waals surface area contributed by atoms with Crippen molar-refractivity contribution in [1.29, 1.82) is 0 Å². The molecule has 1 N–H and O–H groups in total. The molecule has 1 fully saturated rings. The van der Waals surface area contributed by atoms with Gasteiger partial charge in [0.1, 0.15) is 0 Å². The number of para-hydroxylation sites is 2. The fourth-order valence-corrected chi connectivity index (χ4v) is 2.75. The first-order valence-corrected chi connectivity index (χ1v) is 7.77. The predicted octanol–water partition coefficient (Wildman–Crippen LogP) is 4.52. The normalized spacial score (nSPS) is 16.9. The molecule has 0 aliphatic carbocycles. The van der Waals surface area contributed by atoms with Gasteiger partial charge in [0.2, 0.25) is 0 Å². The van der Waals surface area contributed by atoms with Crippen LogP contribution in [0.5, 0.6) is 0 Å². The number of anilines is 2. The minimum atomic E-state index is 0.547. The first-order chi connectivity index (χ1) is 9.16. The standard InChI is InChI=1S/C17H28N2/c1-14(2)10-11-15(3)18-16-8-4-5-9-17(16)19-12-6-7-13-19/h4-5,8-9,14-15,18H,6-7,10-13H2,1-3H3. The van der Waals surface area contributed by atoms with Crippen LogP contribution < -0.4 is 10.2 Å². The van der Waals surface area contributed by atoms with Gasteiger partial charge in [-0.2, -0.15) is 0 Å². The van der Waals surface area contributed by atoms with Crippen LogP contribution in [-0.2, 0) is 0 Å². The average molecular weight is 260 g/mol. The predicted molar refractivity (Wildman–Crippen MR) is 85.0 cm³/mol. The Morgan fingerprint density at radius 1 is 1.05 bits per heavy atom. The maximum absolute atomic E-state index is 3.70. The molecule has 0 bridgehead atoms. The molecule has 0 radical (unpaired) electrons. The van der Waals surface area contributed by atoms with Crippen molar-refractivity contribution in [2.45, 2.75) is 52.5 Å². The fourth-order valence-electron chi connectivity index (χ4n) is 2.75. The molecule has 0 aromatic heterocycles. The molecule has 0 spiro atoms. The molecule has 1 aromatic carbocycles. The lowest BCUT2D eigenvalue weighted by molar-refractivity contribution is 0.527. The third-order valence-corrected chi connectivity index (χ3v) is 3.93. The van der Waals surface area contributed by atoms with E-state index in [1.54, 1.807) is 0 Å². The van der Waals surface area contributed by atoms with Crippen LogP contribution in [0.3, 0.4) is 0 Å². The molecule has 1 unspecified atom stereocenters. The molecular formula is C17H28N2. The Morgan fingerprint density at radius 3 is 2.42 bits per heavy atom. The zero-order valence-electron chi connectivity index (χ0n) is 12.7. The summed E-state index contributed by atoms with van der Waals surface area (Å²) in [4.78, 5) is 2.51. The van der Waals surface area contributed by atoms with Crippen molar-refractivity contribution in [2.24, 2.45) is 5.92 Å². The summed E-state index contributed by atoms with van der Waals surface area (Å²) in [5, 5.41) is 3.70. The molecule has 1 aliphatic rings. The average Bonchev–Trinajstić information content (AvgIpc) is 2.91. The van der Waals surface area contributed by atoms with E-state index >= 15 is 0 Å². The molecular weight excluding hydrogens is 232 g/mol. The lowest BCUT2D eigenvalue weighted by atomic mass is 10.0. The van der Waals surface area contributed by atoms with Gasteiger partial charge >= 0.3 is 0 Å². The molecule has 1 heterocycles. The van der Waals surface area contributed by atoms with E-state index in [1.807, 2.05) is 0 Å². The molecule has 0 saturated carbocycles. The van der Waals surface area contributed by atoms with Crippen molar-refractivity contribution in [3.8, 4) is 0 Å². The fraction of sp³-hybridized carbons (Fsp3) is 0.647. The summed E-state index contributed by atoms with van der Waals surface area (Å²) in [6.07, 6.45) is 5.19. The molecule has 2 rings (SSSR count). The van der Waals surface area contributed by atoms with E-state index < -0.39 is 0 Å². The van der Waals surface area contributed by atoms with Crippen LogP contribution in [-0.4, -0.2) is 19.1 Å². The molecule has 0 amide bonds. The van der Waals surface area contributed by atoms with Crippen LogP contribution >= 0.6 is 0 Å². The van der Waals surface area contributed by atoms with Crippen LogP contribution in [0.2, 0.25) is 0 Å². The van der Waals surface area contributed by atoms with E-state index in [4.69, 9.17) is 0 Å². The van der Waals surface area contributed by atoms with E-state index in [-0.39, 0.29) is 0 Å². The van der Waals surface area contributed by atoms with Crippen LogP contribution in [0.15, 0.2) is 24.3 Å². The highest BCUT2D eigenvalue weighted by Gasteiger charge is 2.16. The first-order valence-electron chi connectivity index (χ1n) is 7.77. The number of nitrogens with zero attached hydrogens (tertiary/aromatic N) is 1. The highest BCUT2D eigenvalue weighted by molar-refractivity contribution is 5.70. The molecule has 2 nitrogen and oxygen atoms in total. The zero-order valence-corrected chi connectivity index (χ0v) is 12.7. The van der Waals surface area contributed by atoms with Crippen molar-refractivity contribution in [2.75, 3.05) is 23.3 Å². The van der Waals surface area contributed by atoms with Gasteiger partial charge in [-0.15, -0.1) is 0 Å². The Morgan fingerprint density at radius 2 is 1.74 bits per heavy atom. The second-order valence-corrected chi connectivity index (χ2v) is 6.23. The Kier molecular flexibility index (Phi) is 5.12. The maximum atomic E-state index is 3.70. The number of hydrogen-bond acceptors (Lipinski definition) is 2. The van der Waals surface area contributed by atoms with Gasteiger partial charge in [0, 0.05) is 19.1 Å². The Balaban J connectivity index is 1.99. The van der Waals surface area contributed by atoms with Gasteiger partial charge < -0.3 is 10.2 Å². The van der Waals surface area contributed by atoms with Crippen molar-refractivity contribution in [1.82, 2.24) is 0 Å².